The lowest BCUT2D eigenvalue weighted by Crippen LogP contribution is -2.40. The standard InChI is InChI=1S/C26H26N2O4/c1-19(32-24-13-9-21(10-14-24)20-5-3-2-4-6-20)25(29)27-23-11-7-22(8-12-23)26(30)28-15-17-31-18-16-28/h2-14,19H,15-18H2,1H3,(H,27,29). The van der Waals surface area contributed by atoms with Crippen molar-refractivity contribution in [3.63, 3.8) is 0 Å². The fraction of sp³-hybridized carbons (Fsp3) is 0.231. The van der Waals surface area contributed by atoms with Gasteiger partial charge < -0.3 is 19.7 Å². The van der Waals surface area contributed by atoms with E-state index in [9.17, 15) is 9.59 Å². The molecule has 1 heterocycles. The summed E-state index contributed by atoms with van der Waals surface area (Å²) in [5.74, 6) is 0.338. The van der Waals surface area contributed by atoms with Gasteiger partial charge in [0, 0.05) is 24.3 Å². The van der Waals surface area contributed by atoms with Crippen molar-refractivity contribution in [2.24, 2.45) is 0 Å². The summed E-state index contributed by atoms with van der Waals surface area (Å²) < 4.78 is 11.1. The maximum atomic E-state index is 12.5. The molecule has 1 saturated heterocycles. The Kier molecular flexibility index (Phi) is 6.82. The molecule has 3 aromatic rings. The number of hydrogen-bond acceptors (Lipinski definition) is 4. The largest absolute Gasteiger partial charge is 0.481 e. The topological polar surface area (TPSA) is 67.9 Å². The van der Waals surface area contributed by atoms with Gasteiger partial charge >= 0.3 is 0 Å². The van der Waals surface area contributed by atoms with Crippen molar-refractivity contribution in [3.8, 4) is 16.9 Å². The van der Waals surface area contributed by atoms with Gasteiger partial charge in [0.15, 0.2) is 6.10 Å². The highest BCUT2D eigenvalue weighted by molar-refractivity contribution is 5.97. The summed E-state index contributed by atoms with van der Waals surface area (Å²) in [4.78, 5) is 26.8. The molecule has 1 N–H and O–H groups in total. The lowest BCUT2D eigenvalue weighted by Gasteiger charge is -2.26. The monoisotopic (exact) mass is 430 g/mol. The average molecular weight is 431 g/mol. The molecule has 0 saturated carbocycles. The van der Waals surface area contributed by atoms with Gasteiger partial charge in [-0.3, -0.25) is 9.59 Å². The molecular formula is C26H26N2O4. The molecule has 0 bridgehead atoms. The molecule has 32 heavy (non-hydrogen) atoms. The first-order valence-corrected chi connectivity index (χ1v) is 10.7. The molecule has 2 amide bonds. The number of nitrogens with one attached hydrogen (secondary N) is 1. The van der Waals surface area contributed by atoms with Gasteiger partial charge in [-0.2, -0.15) is 0 Å². The summed E-state index contributed by atoms with van der Waals surface area (Å²) in [5.41, 5.74) is 3.42. The highest BCUT2D eigenvalue weighted by Gasteiger charge is 2.19. The van der Waals surface area contributed by atoms with Crippen molar-refractivity contribution in [2.75, 3.05) is 31.6 Å². The zero-order chi connectivity index (χ0) is 22.3. The SMILES string of the molecule is CC(Oc1ccc(-c2ccccc2)cc1)C(=O)Nc1ccc(C(=O)N2CCOCC2)cc1. The molecule has 1 aliphatic rings. The molecule has 0 aliphatic carbocycles. The van der Waals surface area contributed by atoms with E-state index in [1.165, 1.54) is 0 Å². The van der Waals surface area contributed by atoms with Gasteiger partial charge in [0.25, 0.3) is 11.8 Å². The third kappa shape index (κ3) is 5.34. The van der Waals surface area contributed by atoms with E-state index in [1.54, 1.807) is 36.1 Å². The molecule has 1 atom stereocenters. The van der Waals surface area contributed by atoms with Crippen molar-refractivity contribution < 1.29 is 19.1 Å². The number of anilines is 1. The number of ether oxygens (including phenoxy) is 2. The summed E-state index contributed by atoms with van der Waals surface area (Å²) >= 11 is 0. The fourth-order valence-electron chi connectivity index (χ4n) is 3.50. The summed E-state index contributed by atoms with van der Waals surface area (Å²) in [6.07, 6.45) is -0.674. The van der Waals surface area contributed by atoms with E-state index in [-0.39, 0.29) is 11.8 Å². The van der Waals surface area contributed by atoms with Crippen LogP contribution in [0, 0.1) is 0 Å². The number of nitrogens with zero attached hydrogens (tertiary/aromatic N) is 1. The summed E-state index contributed by atoms with van der Waals surface area (Å²) in [7, 11) is 0. The second-order valence-corrected chi connectivity index (χ2v) is 7.62. The Morgan fingerprint density at radius 2 is 1.50 bits per heavy atom. The zero-order valence-corrected chi connectivity index (χ0v) is 18.0. The Morgan fingerprint density at radius 3 is 2.16 bits per heavy atom. The van der Waals surface area contributed by atoms with Gasteiger partial charge in [-0.15, -0.1) is 0 Å². The molecule has 0 aromatic heterocycles. The molecular weight excluding hydrogens is 404 g/mol. The first-order chi connectivity index (χ1) is 15.6. The van der Waals surface area contributed by atoms with Crippen LogP contribution in [0.15, 0.2) is 78.9 Å². The number of morpholine rings is 1. The van der Waals surface area contributed by atoms with E-state index >= 15 is 0 Å². The molecule has 6 nitrogen and oxygen atoms in total. The molecule has 1 fully saturated rings. The second kappa shape index (κ2) is 10.1. The van der Waals surface area contributed by atoms with Gasteiger partial charge in [0.2, 0.25) is 0 Å². The predicted molar refractivity (Wildman–Crippen MR) is 124 cm³/mol. The fourth-order valence-corrected chi connectivity index (χ4v) is 3.50. The Balaban J connectivity index is 1.32. The molecule has 0 spiro atoms. The summed E-state index contributed by atoms with van der Waals surface area (Å²) in [6.45, 7) is 4.02. The van der Waals surface area contributed by atoms with Gasteiger partial charge in [-0.1, -0.05) is 42.5 Å². The van der Waals surface area contributed by atoms with Crippen LogP contribution in [0.3, 0.4) is 0 Å². The van der Waals surface area contributed by atoms with Gasteiger partial charge in [0.05, 0.1) is 13.2 Å². The molecule has 3 aromatic carbocycles. The van der Waals surface area contributed by atoms with E-state index in [1.807, 2.05) is 54.6 Å². The van der Waals surface area contributed by atoms with Gasteiger partial charge in [-0.25, -0.2) is 0 Å². The van der Waals surface area contributed by atoms with Crippen LogP contribution in [0.4, 0.5) is 5.69 Å². The third-order valence-corrected chi connectivity index (χ3v) is 5.34. The minimum absolute atomic E-state index is 0.0261. The Morgan fingerprint density at radius 1 is 0.875 bits per heavy atom. The smallest absolute Gasteiger partial charge is 0.265 e. The van der Waals surface area contributed by atoms with E-state index in [0.29, 0.717) is 43.3 Å². The Labute approximate surface area is 187 Å². The predicted octanol–water partition coefficient (Wildman–Crippen LogP) is 4.23. The molecule has 6 heteroatoms. The highest BCUT2D eigenvalue weighted by Crippen LogP contribution is 2.23. The number of carbonyl (C=O) groups is 2. The number of amides is 2. The van der Waals surface area contributed by atoms with E-state index in [4.69, 9.17) is 9.47 Å². The van der Waals surface area contributed by atoms with Crippen LogP contribution in [0.2, 0.25) is 0 Å². The number of benzene rings is 3. The van der Waals surface area contributed by atoms with Gasteiger partial charge in [0.1, 0.15) is 5.75 Å². The zero-order valence-electron chi connectivity index (χ0n) is 18.0. The quantitative estimate of drug-likeness (QED) is 0.635. The van der Waals surface area contributed by atoms with E-state index in [0.717, 1.165) is 11.1 Å². The van der Waals surface area contributed by atoms with Crippen molar-refractivity contribution >= 4 is 17.5 Å². The van der Waals surface area contributed by atoms with Crippen LogP contribution in [-0.2, 0) is 9.53 Å². The maximum absolute atomic E-state index is 12.5. The van der Waals surface area contributed by atoms with Crippen LogP contribution in [-0.4, -0.2) is 49.1 Å². The first-order valence-electron chi connectivity index (χ1n) is 10.7. The third-order valence-electron chi connectivity index (χ3n) is 5.34. The van der Waals surface area contributed by atoms with Crippen molar-refractivity contribution in [2.45, 2.75) is 13.0 Å². The van der Waals surface area contributed by atoms with Crippen molar-refractivity contribution in [1.82, 2.24) is 4.90 Å². The lowest BCUT2D eigenvalue weighted by molar-refractivity contribution is -0.122. The number of hydrogen-bond donors (Lipinski definition) is 1. The lowest BCUT2D eigenvalue weighted by atomic mass is 10.1. The van der Waals surface area contributed by atoms with Crippen LogP contribution >= 0.6 is 0 Å². The minimum Gasteiger partial charge on any atom is -0.481 e. The second-order valence-electron chi connectivity index (χ2n) is 7.62. The van der Waals surface area contributed by atoms with Crippen LogP contribution in [0.1, 0.15) is 17.3 Å². The molecule has 0 radical (unpaired) electrons. The number of carbonyl (C=O) groups excluding carboxylic acids is 2. The summed E-state index contributed by atoms with van der Waals surface area (Å²) in [6, 6.07) is 24.6. The molecule has 164 valence electrons. The van der Waals surface area contributed by atoms with Crippen molar-refractivity contribution in [3.05, 3.63) is 84.4 Å². The van der Waals surface area contributed by atoms with E-state index < -0.39 is 6.10 Å². The molecule has 1 aliphatic heterocycles. The normalized spacial score (nSPS) is 14.5. The maximum Gasteiger partial charge on any atom is 0.265 e. The van der Waals surface area contributed by atoms with Crippen LogP contribution in [0.25, 0.3) is 11.1 Å². The van der Waals surface area contributed by atoms with E-state index in [2.05, 4.69) is 5.32 Å². The first kappa shape index (κ1) is 21.6. The Hall–Kier alpha value is -3.64. The van der Waals surface area contributed by atoms with Crippen LogP contribution in [0.5, 0.6) is 5.75 Å². The van der Waals surface area contributed by atoms with Crippen LogP contribution < -0.4 is 10.1 Å². The molecule has 1 unspecified atom stereocenters. The number of rotatable bonds is 6. The average Bonchev–Trinajstić information content (AvgIpc) is 2.85. The minimum atomic E-state index is -0.674. The van der Waals surface area contributed by atoms with Gasteiger partial charge in [-0.05, 0) is 54.4 Å². The summed E-state index contributed by atoms with van der Waals surface area (Å²) in [5, 5.41) is 2.84. The molecule has 4 rings (SSSR count). The van der Waals surface area contributed by atoms with Crippen molar-refractivity contribution in [1.29, 1.82) is 0 Å². The highest BCUT2D eigenvalue weighted by atomic mass is 16.5. The Bertz CT molecular complexity index is 1040.